The number of carbonyl (C=O) groups excluding carboxylic acids is 2. The van der Waals surface area contributed by atoms with E-state index in [-0.39, 0.29) is 5.91 Å². The summed E-state index contributed by atoms with van der Waals surface area (Å²) in [6.07, 6.45) is 3.63. The molecule has 0 saturated heterocycles. The maximum Gasteiger partial charge on any atom is 0.250 e. The molecule has 0 atom stereocenters. The molecular formula is C26H28N4O4S. The highest BCUT2D eigenvalue weighted by Crippen LogP contribution is 2.37. The first kappa shape index (κ1) is 24.4. The summed E-state index contributed by atoms with van der Waals surface area (Å²) in [5.74, 6) is -0.800. The van der Waals surface area contributed by atoms with E-state index in [1.54, 1.807) is 13.0 Å². The Balaban J connectivity index is 1.83. The van der Waals surface area contributed by atoms with Crippen LogP contribution in [0.2, 0.25) is 0 Å². The van der Waals surface area contributed by atoms with Gasteiger partial charge in [0.25, 0.3) is 11.8 Å². The number of aromatic amines is 1. The largest absolute Gasteiger partial charge is 0.366 e. The number of hydrogen-bond acceptors (Lipinski definition) is 4. The quantitative estimate of drug-likeness (QED) is 0.453. The van der Waals surface area contributed by atoms with Crippen LogP contribution in [0.25, 0.3) is 27.6 Å². The molecule has 4 rings (SSSR count). The Morgan fingerprint density at radius 2 is 1.91 bits per heavy atom. The lowest BCUT2D eigenvalue weighted by Crippen LogP contribution is -2.33. The number of carbonyl (C=O) groups is 2. The summed E-state index contributed by atoms with van der Waals surface area (Å²) >= 11 is 0. The lowest BCUT2D eigenvalue weighted by molar-refractivity contribution is -0.112. The third kappa shape index (κ3) is 4.78. The number of rotatable bonds is 6. The van der Waals surface area contributed by atoms with Crippen LogP contribution in [0.15, 0.2) is 54.6 Å². The minimum absolute atomic E-state index is 0.254. The molecular weight excluding hydrogens is 464 g/mol. The van der Waals surface area contributed by atoms with Gasteiger partial charge in [0.1, 0.15) is 0 Å². The summed E-state index contributed by atoms with van der Waals surface area (Å²) in [6, 6.07) is 11.2. The molecule has 2 aromatic carbocycles. The second kappa shape index (κ2) is 9.16. The molecule has 9 heteroatoms. The van der Waals surface area contributed by atoms with Crippen LogP contribution in [0.5, 0.6) is 0 Å². The number of nitrogens with one attached hydrogen (secondary N) is 2. The summed E-state index contributed by atoms with van der Waals surface area (Å²) in [6.45, 7) is 7.95. The van der Waals surface area contributed by atoms with E-state index in [1.807, 2.05) is 43.3 Å². The Hall–Kier alpha value is -3.69. The monoisotopic (exact) mass is 492 g/mol. The average Bonchev–Trinajstić information content (AvgIpc) is 3.24. The zero-order chi connectivity index (χ0) is 25.5. The number of amides is 2. The Labute approximate surface area is 204 Å². The lowest BCUT2D eigenvalue weighted by Gasteiger charge is -2.23. The molecule has 0 radical (unpaired) electrons. The fourth-order valence-corrected chi connectivity index (χ4v) is 5.09. The van der Waals surface area contributed by atoms with Gasteiger partial charge < -0.3 is 16.0 Å². The molecule has 2 amide bonds. The number of nitrogens with zero attached hydrogens (tertiary/aromatic N) is 1. The van der Waals surface area contributed by atoms with Crippen LogP contribution in [-0.2, 0) is 14.8 Å². The standard InChI is InChI=1S/C26H28N4O4S/c1-15(2)26(32)29-22-7-5-6-18(16(22)3)19-8-9-20(25(27)31)24-21(19)14-23(28-24)17-10-12-30(13-11-17)35(4,33)34/h5-10,14,28H,1,11-13H2,2-4H3,(H2,27,31)(H,29,32). The van der Waals surface area contributed by atoms with Crippen LogP contribution >= 0.6 is 0 Å². The molecule has 182 valence electrons. The van der Waals surface area contributed by atoms with Gasteiger partial charge in [0.05, 0.1) is 17.3 Å². The minimum Gasteiger partial charge on any atom is -0.366 e. The van der Waals surface area contributed by atoms with Crippen molar-refractivity contribution in [1.29, 1.82) is 0 Å². The number of nitrogens with two attached hydrogens (primary N) is 1. The maximum absolute atomic E-state index is 12.2. The molecule has 3 aromatic rings. The topological polar surface area (TPSA) is 125 Å². The average molecular weight is 493 g/mol. The highest BCUT2D eigenvalue weighted by Gasteiger charge is 2.23. The smallest absolute Gasteiger partial charge is 0.250 e. The van der Waals surface area contributed by atoms with Crippen LogP contribution in [0, 0.1) is 6.92 Å². The zero-order valence-corrected chi connectivity index (χ0v) is 20.8. The van der Waals surface area contributed by atoms with E-state index in [1.165, 1.54) is 10.6 Å². The maximum atomic E-state index is 12.2. The van der Waals surface area contributed by atoms with Gasteiger partial charge in [-0.1, -0.05) is 30.9 Å². The van der Waals surface area contributed by atoms with Crippen molar-refractivity contribution in [2.75, 3.05) is 24.7 Å². The molecule has 0 aliphatic carbocycles. The number of fused-ring (bicyclic) bond motifs is 1. The Kier molecular flexibility index (Phi) is 6.40. The second-order valence-electron chi connectivity index (χ2n) is 8.81. The van der Waals surface area contributed by atoms with Crippen LogP contribution in [0.3, 0.4) is 0 Å². The number of benzene rings is 2. The molecule has 2 heterocycles. The molecule has 8 nitrogen and oxygen atoms in total. The Morgan fingerprint density at radius 1 is 1.17 bits per heavy atom. The van der Waals surface area contributed by atoms with Crippen molar-refractivity contribution in [3.63, 3.8) is 0 Å². The number of sulfonamides is 1. The van der Waals surface area contributed by atoms with Gasteiger partial charge in [-0.3, -0.25) is 9.59 Å². The van der Waals surface area contributed by atoms with E-state index in [9.17, 15) is 18.0 Å². The van der Waals surface area contributed by atoms with E-state index < -0.39 is 15.9 Å². The van der Waals surface area contributed by atoms with Crippen molar-refractivity contribution in [3.05, 3.63) is 71.4 Å². The number of H-pyrrole nitrogens is 1. The molecule has 0 bridgehead atoms. The lowest BCUT2D eigenvalue weighted by atomic mass is 9.94. The molecule has 35 heavy (non-hydrogen) atoms. The third-order valence-electron chi connectivity index (χ3n) is 6.31. The molecule has 0 saturated carbocycles. The fourth-order valence-electron chi connectivity index (χ4n) is 4.32. The SMILES string of the molecule is C=C(C)C(=O)Nc1cccc(-c2ccc(C(N)=O)c3[nH]c(C4=CCN(S(C)(=O)=O)CC4)cc23)c1C. The minimum atomic E-state index is -3.26. The molecule has 1 aliphatic rings. The van der Waals surface area contributed by atoms with Gasteiger partial charge in [0.15, 0.2) is 0 Å². The van der Waals surface area contributed by atoms with Crippen molar-refractivity contribution < 1.29 is 18.0 Å². The summed E-state index contributed by atoms with van der Waals surface area (Å²) in [5, 5.41) is 3.70. The van der Waals surface area contributed by atoms with Gasteiger partial charge in [0, 0.05) is 35.4 Å². The normalized spacial score (nSPS) is 14.5. The molecule has 1 aliphatic heterocycles. The predicted octanol–water partition coefficient (Wildman–Crippen LogP) is 3.81. The molecule has 0 unspecified atom stereocenters. The van der Waals surface area contributed by atoms with Gasteiger partial charge in [-0.2, -0.15) is 4.31 Å². The molecule has 4 N–H and O–H groups in total. The first-order chi connectivity index (χ1) is 16.5. The second-order valence-corrected chi connectivity index (χ2v) is 10.8. The highest BCUT2D eigenvalue weighted by molar-refractivity contribution is 7.88. The summed E-state index contributed by atoms with van der Waals surface area (Å²) < 4.78 is 25.1. The van der Waals surface area contributed by atoms with Crippen molar-refractivity contribution in [2.24, 2.45) is 5.73 Å². The van der Waals surface area contributed by atoms with Crippen LogP contribution < -0.4 is 11.1 Å². The molecule has 1 aromatic heterocycles. The Morgan fingerprint density at radius 3 is 2.51 bits per heavy atom. The fraction of sp³-hybridized carbons (Fsp3) is 0.231. The van der Waals surface area contributed by atoms with Crippen molar-refractivity contribution in [1.82, 2.24) is 9.29 Å². The van der Waals surface area contributed by atoms with Gasteiger partial charge in [-0.15, -0.1) is 0 Å². The number of primary amides is 1. The third-order valence-corrected chi connectivity index (χ3v) is 7.58. The van der Waals surface area contributed by atoms with Crippen LogP contribution in [-0.4, -0.2) is 48.9 Å². The van der Waals surface area contributed by atoms with Crippen molar-refractivity contribution in [3.8, 4) is 11.1 Å². The summed E-state index contributed by atoms with van der Waals surface area (Å²) in [7, 11) is -3.26. The highest BCUT2D eigenvalue weighted by atomic mass is 32.2. The van der Waals surface area contributed by atoms with Crippen molar-refractivity contribution in [2.45, 2.75) is 20.3 Å². The van der Waals surface area contributed by atoms with Gasteiger partial charge in [-0.05, 0) is 60.7 Å². The van der Waals surface area contributed by atoms with Crippen molar-refractivity contribution >= 4 is 44.0 Å². The zero-order valence-electron chi connectivity index (χ0n) is 19.9. The van der Waals surface area contributed by atoms with E-state index in [2.05, 4.69) is 16.9 Å². The van der Waals surface area contributed by atoms with Crippen LogP contribution in [0.4, 0.5) is 5.69 Å². The van der Waals surface area contributed by atoms with E-state index in [0.29, 0.717) is 41.9 Å². The van der Waals surface area contributed by atoms with E-state index in [0.717, 1.165) is 33.3 Å². The van der Waals surface area contributed by atoms with Gasteiger partial charge in [0.2, 0.25) is 10.0 Å². The first-order valence-electron chi connectivity index (χ1n) is 11.1. The van der Waals surface area contributed by atoms with E-state index in [4.69, 9.17) is 5.73 Å². The number of hydrogen-bond donors (Lipinski definition) is 3. The molecule has 0 spiro atoms. The van der Waals surface area contributed by atoms with Gasteiger partial charge >= 0.3 is 0 Å². The number of aromatic nitrogens is 1. The summed E-state index contributed by atoms with van der Waals surface area (Å²) in [5.41, 5.74) is 12.2. The van der Waals surface area contributed by atoms with E-state index >= 15 is 0 Å². The van der Waals surface area contributed by atoms with Gasteiger partial charge in [-0.25, -0.2) is 8.42 Å². The number of anilines is 1. The molecule has 0 fully saturated rings. The first-order valence-corrected chi connectivity index (χ1v) is 13.0. The Bertz CT molecular complexity index is 1520. The van der Waals surface area contributed by atoms with Crippen LogP contribution in [0.1, 0.15) is 35.0 Å². The summed E-state index contributed by atoms with van der Waals surface area (Å²) in [4.78, 5) is 27.7. The predicted molar refractivity (Wildman–Crippen MR) is 139 cm³/mol.